The van der Waals surface area contributed by atoms with Gasteiger partial charge in [-0.15, -0.1) is 0 Å². The van der Waals surface area contributed by atoms with Gasteiger partial charge in [0.25, 0.3) is 5.91 Å². The lowest BCUT2D eigenvalue weighted by molar-refractivity contribution is 0.0764. The number of benzene rings is 3. The first-order chi connectivity index (χ1) is 15.1. The van der Waals surface area contributed by atoms with Crippen LogP contribution in [0.5, 0.6) is 5.75 Å². The van der Waals surface area contributed by atoms with Crippen LogP contribution in [0.25, 0.3) is 22.0 Å². The van der Waals surface area contributed by atoms with E-state index in [1.54, 1.807) is 41.4 Å². The maximum atomic E-state index is 13.3. The van der Waals surface area contributed by atoms with Crippen LogP contribution in [0.3, 0.4) is 0 Å². The van der Waals surface area contributed by atoms with Crippen molar-refractivity contribution in [1.82, 2.24) is 9.88 Å². The number of hydrogen-bond acceptors (Lipinski definition) is 4. The molecule has 1 amide bonds. The Hall–Kier alpha value is -4.06. The maximum absolute atomic E-state index is 13.3. The predicted octanol–water partition coefficient (Wildman–Crippen LogP) is 4.72. The van der Waals surface area contributed by atoms with Crippen molar-refractivity contribution >= 4 is 23.1 Å². The first-order valence-electron chi connectivity index (χ1n) is 9.79. The zero-order valence-electron chi connectivity index (χ0n) is 16.4. The molecule has 5 rings (SSSR count). The second-order valence-electron chi connectivity index (χ2n) is 7.47. The highest BCUT2D eigenvalue weighted by atomic mass is 19.1. The third-order valence-corrected chi connectivity index (χ3v) is 5.64. The molecule has 0 bridgehead atoms. The quantitative estimate of drug-likeness (QED) is 0.493. The fourth-order valence-corrected chi connectivity index (χ4v) is 4.23. The van der Waals surface area contributed by atoms with Gasteiger partial charge in [0.2, 0.25) is 0 Å². The van der Waals surface area contributed by atoms with Gasteiger partial charge in [-0.05, 0) is 40.5 Å². The molecule has 152 valence electrons. The number of aldehydes is 1. The van der Waals surface area contributed by atoms with Gasteiger partial charge in [0.15, 0.2) is 12.0 Å². The number of fused-ring (bicyclic) bond motifs is 2. The first kappa shape index (κ1) is 18.9. The van der Waals surface area contributed by atoms with Gasteiger partial charge < -0.3 is 10.0 Å². The number of halogens is 1. The molecule has 0 saturated heterocycles. The Labute approximate surface area is 177 Å². The molecule has 4 aromatic rings. The zero-order valence-corrected chi connectivity index (χ0v) is 16.4. The van der Waals surface area contributed by atoms with Gasteiger partial charge in [0.05, 0.1) is 5.56 Å². The monoisotopic (exact) mass is 412 g/mol. The van der Waals surface area contributed by atoms with Crippen molar-refractivity contribution in [3.63, 3.8) is 0 Å². The van der Waals surface area contributed by atoms with E-state index in [2.05, 4.69) is 4.98 Å². The van der Waals surface area contributed by atoms with Crippen LogP contribution in [0.15, 0.2) is 66.9 Å². The Morgan fingerprint density at radius 2 is 1.81 bits per heavy atom. The molecule has 3 aromatic carbocycles. The van der Waals surface area contributed by atoms with Gasteiger partial charge >= 0.3 is 0 Å². The van der Waals surface area contributed by atoms with Crippen LogP contribution < -0.4 is 0 Å². The molecule has 0 atom stereocenters. The molecule has 1 aliphatic heterocycles. The standard InChI is InChI=1S/C25H17FN2O3/c26-17-9-7-15(8-10-17)12-28-13-20-21(18-5-2-1-4-16(18)14-29)19-6-3-11-27-23(19)24(30)22(20)25(28)31/h1-11,14,30H,12-13H2. The molecule has 0 spiro atoms. The topological polar surface area (TPSA) is 70.5 Å². The summed E-state index contributed by atoms with van der Waals surface area (Å²) in [5, 5.41) is 11.6. The molecular weight excluding hydrogens is 395 g/mol. The van der Waals surface area contributed by atoms with Crippen molar-refractivity contribution < 1.29 is 19.1 Å². The highest BCUT2D eigenvalue weighted by Gasteiger charge is 2.35. The first-order valence-corrected chi connectivity index (χ1v) is 9.79. The number of phenolic OH excluding ortho intramolecular Hbond substituents is 1. The van der Waals surface area contributed by atoms with E-state index >= 15 is 0 Å². The van der Waals surface area contributed by atoms with Gasteiger partial charge in [0.1, 0.15) is 11.3 Å². The number of carbonyl (C=O) groups is 2. The molecule has 2 heterocycles. The third-order valence-electron chi connectivity index (χ3n) is 5.64. The van der Waals surface area contributed by atoms with Crippen LogP contribution in [-0.2, 0) is 13.1 Å². The molecule has 6 heteroatoms. The highest BCUT2D eigenvalue weighted by molar-refractivity contribution is 6.13. The van der Waals surface area contributed by atoms with Crippen LogP contribution in [0.2, 0.25) is 0 Å². The molecule has 31 heavy (non-hydrogen) atoms. The maximum Gasteiger partial charge on any atom is 0.258 e. The van der Waals surface area contributed by atoms with Gasteiger partial charge in [-0.1, -0.05) is 42.5 Å². The smallest absolute Gasteiger partial charge is 0.258 e. The third kappa shape index (κ3) is 3.04. The van der Waals surface area contributed by atoms with E-state index in [0.717, 1.165) is 11.8 Å². The summed E-state index contributed by atoms with van der Waals surface area (Å²) >= 11 is 0. The van der Waals surface area contributed by atoms with Crippen LogP contribution >= 0.6 is 0 Å². The molecule has 1 aliphatic rings. The normalized spacial score (nSPS) is 12.9. The fraction of sp³-hybridized carbons (Fsp3) is 0.0800. The van der Waals surface area contributed by atoms with Crippen molar-refractivity contribution in [2.24, 2.45) is 0 Å². The summed E-state index contributed by atoms with van der Waals surface area (Å²) in [5.41, 5.74) is 3.83. The minimum absolute atomic E-state index is 0.162. The van der Waals surface area contributed by atoms with Crippen molar-refractivity contribution in [2.45, 2.75) is 13.1 Å². The van der Waals surface area contributed by atoms with E-state index < -0.39 is 0 Å². The van der Waals surface area contributed by atoms with Crippen molar-refractivity contribution in [1.29, 1.82) is 0 Å². The number of carbonyl (C=O) groups excluding carboxylic acids is 2. The molecule has 0 fully saturated rings. The predicted molar refractivity (Wildman–Crippen MR) is 114 cm³/mol. The summed E-state index contributed by atoms with van der Waals surface area (Å²) in [6.45, 7) is 0.526. The lowest BCUT2D eigenvalue weighted by Gasteiger charge is -2.16. The average Bonchev–Trinajstić information content (AvgIpc) is 3.11. The van der Waals surface area contributed by atoms with E-state index in [9.17, 15) is 19.1 Å². The molecule has 5 nitrogen and oxygen atoms in total. The number of aromatic hydroxyl groups is 1. The minimum atomic E-state index is -0.345. The van der Waals surface area contributed by atoms with Crippen molar-refractivity contribution in [3.05, 3.63) is 94.9 Å². The lowest BCUT2D eigenvalue weighted by atomic mass is 9.89. The van der Waals surface area contributed by atoms with E-state index in [1.165, 1.54) is 12.1 Å². The number of nitrogens with zero attached hydrogens (tertiary/aromatic N) is 2. The van der Waals surface area contributed by atoms with Crippen LogP contribution in [0.1, 0.15) is 31.8 Å². The lowest BCUT2D eigenvalue weighted by Crippen LogP contribution is -2.23. The molecule has 1 N–H and O–H groups in total. The van der Waals surface area contributed by atoms with Crippen LogP contribution in [0.4, 0.5) is 4.39 Å². The number of rotatable bonds is 4. The van der Waals surface area contributed by atoms with E-state index in [-0.39, 0.29) is 36.1 Å². The Morgan fingerprint density at radius 1 is 1.03 bits per heavy atom. The zero-order chi connectivity index (χ0) is 21.5. The van der Waals surface area contributed by atoms with Gasteiger partial charge in [0, 0.05) is 30.2 Å². The average molecular weight is 412 g/mol. The fourth-order valence-electron chi connectivity index (χ4n) is 4.23. The van der Waals surface area contributed by atoms with Crippen molar-refractivity contribution in [2.75, 3.05) is 0 Å². The molecule has 0 aliphatic carbocycles. The van der Waals surface area contributed by atoms with E-state index in [0.29, 0.717) is 33.2 Å². The Morgan fingerprint density at radius 3 is 2.58 bits per heavy atom. The summed E-state index contributed by atoms with van der Waals surface area (Å²) < 4.78 is 13.3. The van der Waals surface area contributed by atoms with Crippen LogP contribution in [0, 0.1) is 5.82 Å². The number of amides is 1. The Bertz CT molecular complexity index is 1350. The Balaban J connectivity index is 1.72. The van der Waals surface area contributed by atoms with Gasteiger partial charge in [-0.25, -0.2) is 4.39 Å². The van der Waals surface area contributed by atoms with E-state index in [4.69, 9.17) is 0 Å². The summed E-state index contributed by atoms with van der Waals surface area (Å²) in [7, 11) is 0. The molecule has 0 radical (unpaired) electrons. The number of phenols is 1. The Kier molecular flexibility index (Phi) is 4.47. The molecular formula is C25H17FN2O3. The highest BCUT2D eigenvalue weighted by Crippen LogP contribution is 2.44. The largest absolute Gasteiger partial charge is 0.505 e. The summed E-state index contributed by atoms with van der Waals surface area (Å²) in [6.07, 6.45) is 2.34. The summed E-state index contributed by atoms with van der Waals surface area (Å²) in [4.78, 5) is 30.9. The van der Waals surface area contributed by atoms with E-state index in [1.807, 2.05) is 18.2 Å². The second kappa shape index (κ2) is 7.32. The number of pyridine rings is 1. The van der Waals surface area contributed by atoms with Crippen molar-refractivity contribution in [3.8, 4) is 16.9 Å². The molecule has 1 aromatic heterocycles. The number of hydrogen-bond donors (Lipinski definition) is 1. The summed E-state index contributed by atoms with van der Waals surface area (Å²) in [5.74, 6) is -0.832. The molecule has 0 unspecified atom stereocenters. The van der Waals surface area contributed by atoms with Gasteiger partial charge in [-0.3, -0.25) is 14.6 Å². The number of aromatic nitrogens is 1. The van der Waals surface area contributed by atoms with Crippen LogP contribution in [-0.4, -0.2) is 27.2 Å². The molecule has 0 saturated carbocycles. The second-order valence-corrected chi connectivity index (χ2v) is 7.47. The SMILES string of the molecule is O=Cc1ccccc1-c1c2c(c(O)c3ncccc13)C(=O)N(Cc1ccc(F)cc1)C2. The van der Waals surface area contributed by atoms with Gasteiger partial charge in [-0.2, -0.15) is 0 Å². The summed E-state index contributed by atoms with van der Waals surface area (Å²) in [6, 6.07) is 16.7. The minimum Gasteiger partial charge on any atom is -0.505 e.